The summed E-state index contributed by atoms with van der Waals surface area (Å²) in [7, 11) is 0. The van der Waals surface area contributed by atoms with Crippen LogP contribution >= 0.6 is 23.1 Å². The first-order chi connectivity index (χ1) is 13.7. The molecule has 4 rings (SSSR count). The summed E-state index contributed by atoms with van der Waals surface area (Å²) in [6, 6.07) is 11.7. The predicted octanol–water partition coefficient (Wildman–Crippen LogP) is 4.29. The fourth-order valence-electron chi connectivity index (χ4n) is 2.34. The van der Waals surface area contributed by atoms with E-state index >= 15 is 0 Å². The van der Waals surface area contributed by atoms with Gasteiger partial charge in [-0.15, -0.1) is 21.5 Å². The standard InChI is InChI=1S/C19H15N5O2S2/c1-12-4-6-13(7-5-12)15-10-27-18(21-15)22-16(25)11-28-19-24-23-17(26-19)14-3-2-8-20-9-14/h2-10H,11H2,1H3,(H,21,22,25). The fraction of sp³-hybridized carbons (Fsp3) is 0.105. The number of thiazole rings is 1. The Morgan fingerprint density at radius 1 is 1.18 bits per heavy atom. The van der Waals surface area contributed by atoms with Crippen molar-refractivity contribution in [2.24, 2.45) is 0 Å². The number of carbonyl (C=O) groups is 1. The number of thioether (sulfide) groups is 1. The molecule has 0 aliphatic rings. The molecule has 4 aromatic rings. The SMILES string of the molecule is Cc1ccc(-c2csc(NC(=O)CSc3nnc(-c4cccnc4)o3)n2)cc1. The van der Waals surface area contributed by atoms with Crippen molar-refractivity contribution in [3.63, 3.8) is 0 Å². The number of rotatable bonds is 6. The Morgan fingerprint density at radius 2 is 2.04 bits per heavy atom. The zero-order valence-corrected chi connectivity index (χ0v) is 16.5. The van der Waals surface area contributed by atoms with Crippen molar-refractivity contribution in [1.82, 2.24) is 20.2 Å². The van der Waals surface area contributed by atoms with E-state index in [-0.39, 0.29) is 11.7 Å². The summed E-state index contributed by atoms with van der Waals surface area (Å²) in [5, 5.41) is 13.5. The van der Waals surface area contributed by atoms with Crippen LogP contribution in [-0.2, 0) is 4.79 Å². The minimum Gasteiger partial charge on any atom is -0.411 e. The Morgan fingerprint density at radius 3 is 2.82 bits per heavy atom. The molecule has 28 heavy (non-hydrogen) atoms. The van der Waals surface area contributed by atoms with E-state index in [1.807, 2.05) is 42.6 Å². The Bertz CT molecular complexity index is 1080. The number of anilines is 1. The molecule has 0 saturated carbocycles. The molecule has 7 nitrogen and oxygen atoms in total. The van der Waals surface area contributed by atoms with E-state index in [4.69, 9.17) is 4.42 Å². The maximum Gasteiger partial charge on any atom is 0.277 e. The van der Waals surface area contributed by atoms with Gasteiger partial charge in [0.05, 0.1) is 17.0 Å². The van der Waals surface area contributed by atoms with Crippen LogP contribution in [0.2, 0.25) is 0 Å². The number of nitrogens with one attached hydrogen (secondary N) is 1. The van der Waals surface area contributed by atoms with Crippen molar-refractivity contribution < 1.29 is 9.21 Å². The molecule has 0 unspecified atom stereocenters. The lowest BCUT2D eigenvalue weighted by Gasteiger charge is -2.00. The first-order valence-electron chi connectivity index (χ1n) is 8.36. The van der Waals surface area contributed by atoms with Crippen LogP contribution in [0.4, 0.5) is 5.13 Å². The second-order valence-electron chi connectivity index (χ2n) is 5.86. The highest BCUT2D eigenvalue weighted by atomic mass is 32.2. The van der Waals surface area contributed by atoms with Crippen LogP contribution in [0.1, 0.15) is 5.56 Å². The largest absolute Gasteiger partial charge is 0.411 e. The number of nitrogens with zero attached hydrogens (tertiary/aromatic N) is 4. The van der Waals surface area contributed by atoms with Crippen molar-refractivity contribution in [1.29, 1.82) is 0 Å². The number of hydrogen-bond donors (Lipinski definition) is 1. The second-order valence-corrected chi connectivity index (χ2v) is 7.64. The van der Waals surface area contributed by atoms with Crippen molar-refractivity contribution in [2.45, 2.75) is 12.1 Å². The van der Waals surface area contributed by atoms with Crippen LogP contribution < -0.4 is 5.32 Å². The van der Waals surface area contributed by atoms with Gasteiger partial charge in [0.1, 0.15) is 0 Å². The Labute approximate surface area is 169 Å². The first kappa shape index (κ1) is 18.3. The molecule has 0 bridgehead atoms. The van der Waals surface area contributed by atoms with Gasteiger partial charge < -0.3 is 9.73 Å². The Hall–Kier alpha value is -3.04. The molecule has 3 aromatic heterocycles. The molecule has 0 radical (unpaired) electrons. The normalized spacial score (nSPS) is 10.8. The number of benzene rings is 1. The minimum atomic E-state index is -0.184. The number of aromatic nitrogens is 4. The molecule has 9 heteroatoms. The molecule has 1 aromatic carbocycles. The van der Waals surface area contributed by atoms with Crippen LogP contribution in [0.15, 0.2) is 63.8 Å². The summed E-state index contributed by atoms with van der Waals surface area (Å²) in [6.45, 7) is 2.04. The van der Waals surface area contributed by atoms with Crippen LogP contribution in [0, 0.1) is 6.92 Å². The first-order valence-corrected chi connectivity index (χ1v) is 10.2. The summed E-state index contributed by atoms with van der Waals surface area (Å²) in [5.41, 5.74) is 3.78. The van der Waals surface area contributed by atoms with E-state index in [9.17, 15) is 4.79 Å². The molecule has 3 heterocycles. The lowest BCUT2D eigenvalue weighted by Crippen LogP contribution is -2.13. The van der Waals surface area contributed by atoms with Crippen molar-refractivity contribution in [3.8, 4) is 22.7 Å². The highest BCUT2D eigenvalue weighted by molar-refractivity contribution is 7.99. The van der Waals surface area contributed by atoms with Gasteiger partial charge in [-0.2, -0.15) is 0 Å². The van der Waals surface area contributed by atoms with Gasteiger partial charge in [-0.1, -0.05) is 41.6 Å². The van der Waals surface area contributed by atoms with E-state index < -0.39 is 0 Å². The highest BCUT2D eigenvalue weighted by Gasteiger charge is 2.13. The molecule has 0 saturated heterocycles. The third-order valence-corrected chi connectivity index (χ3v) is 5.32. The maximum absolute atomic E-state index is 12.2. The summed E-state index contributed by atoms with van der Waals surface area (Å²) in [5.74, 6) is 0.336. The van der Waals surface area contributed by atoms with Crippen molar-refractivity contribution >= 4 is 34.1 Å². The lowest BCUT2D eigenvalue weighted by atomic mass is 10.1. The topological polar surface area (TPSA) is 93.8 Å². The molecular formula is C19H15N5O2S2. The zero-order valence-electron chi connectivity index (χ0n) is 14.8. The summed E-state index contributed by atoms with van der Waals surface area (Å²) in [4.78, 5) is 20.7. The number of pyridine rings is 1. The van der Waals surface area contributed by atoms with Crippen LogP contribution in [0.5, 0.6) is 0 Å². The van der Waals surface area contributed by atoms with Gasteiger partial charge in [0.25, 0.3) is 5.22 Å². The smallest absolute Gasteiger partial charge is 0.277 e. The number of amides is 1. The van der Waals surface area contributed by atoms with Gasteiger partial charge in [0.2, 0.25) is 11.8 Å². The summed E-state index contributed by atoms with van der Waals surface area (Å²) < 4.78 is 5.55. The second kappa shape index (κ2) is 8.32. The average Bonchev–Trinajstić information content (AvgIpc) is 3.37. The zero-order chi connectivity index (χ0) is 19.3. The minimum absolute atomic E-state index is 0.147. The van der Waals surface area contributed by atoms with Crippen molar-refractivity contribution in [3.05, 3.63) is 59.7 Å². The average molecular weight is 409 g/mol. The van der Waals surface area contributed by atoms with Gasteiger partial charge in [0, 0.05) is 23.3 Å². The van der Waals surface area contributed by atoms with Gasteiger partial charge in [0.15, 0.2) is 5.13 Å². The van der Waals surface area contributed by atoms with Gasteiger partial charge in [-0.3, -0.25) is 9.78 Å². The highest BCUT2D eigenvalue weighted by Crippen LogP contribution is 2.26. The Kier molecular flexibility index (Phi) is 5.45. The number of hydrogen-bond acceptors (Lipinski definition) is 8. The fourth-order valence-corrected chi connectivity index (χ4v) is 3.64. The molecule has 1 amide bonds. The van der Waals surface area contributed by atoms with E-state index in [1.165, 1.54) is 28.7 Å². The van der Waals surface area contributed by atoms with E-state index in [1.54, 1.807) is 18.5 Å². The molecule has 0 spiro atoms. The lowest BCUT2D eigenvalue weighted by molar-refractivity contribution is -0.113. The molecule has 0 fully saturated rings. The molecule has 0 atom stereocenters. The molecule has 140 valence electrons. The van der Waals surface area contributed by atoms with Gasteiger partial charge in [-0.05, 0) is 19.1 Å². The maximum atomic E-state index is 12.2. The Balaban J connectivity index is 1.33. The van der Waals surface area contributed by atoms with E-state index in [0.717, 1.165) is 16.8 Å². The number of carbonyl (C=O) groups excluding carboxylic acids is 1. The molecule has 1 N–H and O–H groups in total. The third-order valence-electron chi connectivity index (χ3n) is 3.74. The predicted molar refractivity (Wildman–Crippen MR) is 109 cm³/mol. The summed E-state index contributed by atoms with van der Waals surface area (Å²) >= 11 is 2.56. The van der Waals surface area contributed by atoms with Gasteiger partial charge in [-0.25, -0.2) is 4.98 Å². The third kappa shape index (κ3) is 4.44. The quantitative estimate of drug-likeness (QED) is 0.475. The molecule has 0 aliphatic heterocycles. The van der Waals surface area contributed by atoms with Crippen molar-refractivity contribution in [2.75, 3.05) is 11.1 Å². The molecule has 0 aliphatic carbocycles. The monoisotopic (exact) mass is 409 g/mol. The van der Waals surface area contributed by atoms with E-state index in [2.05, 4.69) is 25.5 Å². The van der Waals surface area contributed by atoms with Crippen LogP contribution in [-0.4, -0.2) is 31.8 Å². The van der Waals surface area contributed by atoms with E-state index in [0.29, 0.717) is 16.2 Å². The number of aryl methyl sites for hydroxylation is 1. The molecular weight excluding hydrogens is 394 g/mol. The van der Waals surface area contributed by atoms with Crippen LogP contribution in [0.3, 0.4) is 0 Å². The van der Waals surface area contributed by atoms with Crippen LogP contribution in [0.25, 0.3) is 22.7 Å². The summed E-state index contributed by atoms with van der Waals surface area (Å²) in [6.07, 6.45) is 3.31. The van der Waals surface area contributed by atoms with Gasteiger partial charge >= 0.3 is 0 Å².